The second-order valence-corrected chi connectivity index (χ2v) is 5.34. The average Bonchev–Trinajstić information content (AvgIpc) is 2.72. The summed E-state index contributed by atoms with van der Waals surface area (Å²) < 4.78 is 19.1. The molecule has 0 aromatic carbocycles. The third-order valence-electron chi connectivity index (χ3n) is 2.94. The van der Waals surface area contributed by atoms with Gasteiger partial charge < -0.3 is 40.2 Å². The zero-order valence-corrected chi connectivity index (χ0v) is 17.2. The van der Waals surface area contributed by atoms with Gasteiger partial charge in [-0.1, -0.05) is 13.8 Å². The smallest absolute Gasteiger partial charge is 0.407 e. The second kappa shape index (κ2) is 17.5. The van der Waals surface area contributed by atoms with Crippen LogP contribution in [0.15, 0.2) is 0 Å². The van der Waals surface area contributed by atoms with E-state index in [0.29, 0.717) is 6.42 Å². The van der Waals surface area contributed by atoms with Crippen LogP contribution in [0.1, 0.15) is 20.3 Å². The Balaban J connectivity index is 0. The molecule has 28 heavy (non-hydrogen) atoms. The van der Waals surface area contributed by atoms with E-state index < -0.39 is 30.5 Å². The summed E-state index contributed by atoms with van der Waals surface area (Å²) in [6.45, 7) is 4.14. The van der Waals surface area contributed by atoms with Gasteiger partial charge in [0, 0.05) is 34.1 Å². The number of hydrogen-bond acceptors (Lipinski definition) is 8. The molecule has 4 N–H and O–H groups in total. The highest BCUT2D eigenvalue weighted by atomic mass is 16.6. The van der Waals surface area contributed by atoms with E-state index in [9.17, 15) is 19.2 Å². The first-order valence-corrected chi connectivity index (χ1v) is 8.65. The maximum Gasteiger partial charge on any atom is 0.407 e. The summed E-state index contributed by atoms with van der Waals surface area (Å²) in [5.74, 6) is -0.0235. The highest BCUT2D eigenvalue weighted by Crippen LogP contribution is 1.99. The normalized spacial score (nSPS) is 10.4. The third kappa shape index (κ3) is 16.5. The molecule has 0 aromatic rings. The lowest BCUT2D eigenvalue weighted by Gasteiger charge is -2.15. The summed E-state index contributed by atoms with van der Waals surface area (Å²) in [4.78, 5) is 42.8. The molecule has 0 bridgehead atoms. The summed E-state index contributed by atoms with van der Waals surface area (Å²) in [6, 6.07) is 0. The Morgan fingerprint density at radius 2 is 1.04 bits per heavy atom. The number of hydrogen-bond donors (Lipinski definition) is 4. The lowest BCUT2D eigenvalue weighted by molar-refractivity contribution is 0.0440. The van der Waals surface area contributed by atoms with Gasteiger partial charge in [0.1, 0.15) is 12.7 Å². The van der Waals surface area contributed by atoms with Crippen LogP contribution in [0, 0.1) is 5.92 Å². The number of carbonyl (C=O) groups excluding carboxylic acids is 4. The Bertz CT molecular complexity index is 456. The molecule has 0 rings (SSSR count). The maximum atomic E-state index is 10.8. The Morgan fingerprint density at radius 1 is 0.679 bits per heavy atom. The van der Waals surface area contributed by atoms with Crippen molar-refractivity contribution >= 4 is 24.4 Å². The minimum absolute atomic E-state index is 0.0235. The monoisotopic (exact) mass is 408 g/mol. The standard InChI is InChI=1S/2C8H16N2O4/c1-6(4-13-7(11)9-2)5-14-8(12)10-3;1-4-6(14-8(12)10-3)5-13-7(11)9-2/h2*6H,4-5H2,1-3H3,(H,9,11)(H,10,12). The molecule has 0 aliphatic rings. The molecule has 0 aliphatic carbocycles. The minimum Gasteiger partial charge on any atom is -0.449 e. The molecular formula is C16H32N4O8. The van der Waals surface area contributed by atoms with E-state index >= 15 is 0 Å². The number of amides is 4. The van der Waals surface area contributed by atoms with E-state index in [1.54, 1.807) is 0 Å². The van der Waals surface area contributed by atoms with Crippen LogP contribution in [0.5, 0.6) is 0 Å². The van der Waals surface area contributed by atoms with Crippen LogP contribution in [0.3, 0.4) is 0 Å². The van der Waals surface area contributed by atoms with Gasteiger partial charge in [0.05, 0.1) is 13.2 Å². The van der Waals surface area contributed by atoms with Crippen molar-refractivity contribution in [3.8, 4) is 0 Å². The van der Waals surface area contributed by atoms with Crippen molar-refractivity contribution in [1.29, 1.82) is 0 Å². The lowest BCUT2D eigenvalue weighted by Crippen LogP contribution is -2.31. The van der Waals surface area contributed by atoms with Crippen LogP contribution in [0.2, 0.25) is 0 Å². The van der Waals surface area contributed by atoms with Gasteiger partial charge in [-0.25, -0.2) is 19.2 Å². The molecule has 0 spiro atoms. The SMILES string of the molecule is CCC(COC(=O)NC)OC(=O)NC.CNC(=O)OCC(C)COC(=O)NC. The highest BCUT2D eigenvalue weighted by Gasteiger charge is 2.13. The molecule has 164 valence electrons. The van der Waals surface area contributed by atoms with Crippen LogP contribution < -0.4 is 21.3 Å². The quantitative estimate of drug-likeness (QED) is 0.430. The third-order valence-corrected chi connectivity index (χ3v) is 2.94. The van der Waals surface area contributed by atoms with Crippen molar-refractivity contribution < 1.29 is 38.1 Å². The van der Waals surface area contributed by atoms with Crippen molar-refractivity contribution in [1.82, 2.24) is 21.3 Å². The molecule has 0 aliphatic heterocycles. The molecule has 0 fully saturated rings. The van der Waals surface area contributed by atoms with Gasteiger partial charge in [-0.3, -0.25) is 0 Å². The van der Waals surface area contributed by atoms with Crippen molar-refractivity contribution in [2.75, 3.05) is 48.0 Å². The van der Waals surface area contributed by atoms with Gasteiger partial charge in [0.2, 0.25) is 0 Å². The average molecular weight is 408 g/mol. The van der Waals surface area contributed by atoms with Crippen molar-refractivity contribution in [3.05, 3.63) is 0 Å². The molecule has 0 heterocycles. The van der Waals surface area contributed by atoms with Crippen LogP contribution in [0.25, 0.3) is 0 Å². The first-order valence-electron chi connectivity index (χ1n) is 8.65. The Hall–Kier alpha value is -2.92. The predicted octanol–water partition coefficient (Wildman–Crippen LogP) is 0.812. The molecule has 1 atom stereocenters. The van der Waals surface area contributed by atoms with Gasteiger partial charge in [-0.2, -0.15) is 0 Å². The largest absolute Gasteiger partial charge is 0.449 e. The second-order valence-electron chi connectivity index (χ2n) is 5.34. The van der Waals surface area contributed by atoms with Crippen molar-refractivity contribution in [3.63, 3.8) is 0 Å². The topological polar surface area (TPSA) is 153 Å². The molecule has 12 nitrogen and oxygen atoms in total. The summed E-state index contributed by atoms with van der Waals surface area (Å²) >= 11 is 0. The number of ether oxygens (including phenoxy) is 4. The van der Waals surface area contributed by atoms with Crippen LogP contribution in [-0.4, -0.2) is 78.5 Å². The van der Waals surface area contributed by atoms with Crippen molar-refractivity contribution in [2.24, 2.45) is 5.92 Å². The Labute approximate surface area is 165 Å². The van der Waals surface area contributed by atoms with Crippen LogP contribution >= 0.6 is 0 Å². The van der Waals surface area contributed by atoms with Gasteiger partial charge in [-0.15, -0.1) is 0 Å². The summed E-state index contributed by atoms with van der Waals surface area (Å²) in [7, 11) is 5.89. The summed E-state index contributed by atoms with van der Waals surface area (Å²) in [5.41, 5.74) is 0. The first kappa shape index (κ1) is 27.3. The van der Waals surface area contributed by atoms with Gasteiger partial charge in [0.25, 0.3) is 0 Å². The zero-order chi connectivity index (χ0) is 21.9. The van der Waals surface area contributed by atoms with Crippen LogP contribution in [-0.2, 0) is 18.9 Å². The molecule has 1 unspecified atom stereocenters. The molecule has 12 heteroatoms. The maximum absolute atomic E-state index is 10.8. The van der Waals surface area contributed by atoms with E-state index in [2.05, 4.69) is 21.3 Å². The van der Waals surface area contributed by atoms with E-state index in [1.165, 1.54) is 28.2 Å². The molecule has 0 aromatic heterocycles. The lowest BCUT2D eigenvalue weighted by atomic mass is 10.2. The van der Waals surface area contributed by atoms with Gasteiger partial charge in [-0.05, 0) is 6.42 Å². The summed E-state index contributed by atoms with van der Waals surface area (Å²) in [6.07, 6.45) is -1.87. The molecule has 0 saturated carbocycles. The number of rotatable bonds is 8. The zero-order valence-electron chi connectivity index (χ0n) is 17.2. The summed E-state index contributed by atoms with van der Waals surface area (Å²) in [5, 5.41) is 9.24. The Kier molecular flexibility index (Phi) is 17.1. The minimum atomic E-state index is -0.538. The fourth-order valence-corrected chi connectivity index (χ4v) is 1.31. The van der Waals surface area contributed by atoms with E-state index in [-0.39, 0.29) is 25.7 Å². The first-order chi connectivity index (χ1) is 13.2. The van der Waals surface area contributed by atoms with E-state index in [4.69, 9.17) is 18.9 Å². The van der Waals surface area contributed by atoms with E-state index in [1.807, 2.05) is 13.8 Å². The molecule has 0 saturated heterocycles. The van der Waals surface area contributed by atoms with Gasteiger partial charge in [0.15, 0.2) is 0 Å². The van der Waals surface area contributed by atoms with Gasteiger partial charge >= 0.3 is 24.4 Å². The van der Waals surface area contributed by atoms with Crippen LogP contribution in [0.4, 0.5) is 19.2 Å². The molecular weight excluding hydrogens is 376 g/mol. The molecule has 0 radical (unpaired) electrons. The van der Waals surface area contributed by atoms with E-state index in [0.717, 1.165) is 0 Å². The molecule has 4 amide bonds. The fourth-order valence-electron chi connectivity index (χ4n) is 1.31. The number of carbonyl (C=O) groups is 4. The fraction of sp³-hybridized carbons (Fsp3) is 0.750. The Morgan fingerprint density at radius 3 is 1.36 bits per heavy atom. The highest BCUT2D eigenvalue weighted by molar-refractivity contribution is 5.68. The van der Waals surface area contributed by atoms with Crippen molar-refractivity contribution in [2.45, 2.75) is 26.4 Å². The predicted molar refractivity (Wildman–Crippen MR) is 100 cm³/mol. The number of alkyl carbamates (subject to hydrolysis) is 4. The number of nitrogens with one attached hydrogen (secondary N) is 4.